The molecule has 0 aliphatic carbocycles. The number of carbonyl (C=O) groups is 1. The van der Waals surface area contributed by atoms with Crippen LogP contribution in [0.2, 0.25) is 5.02 Å². The van der Waals surface area contributed by atoms with E-state index in [9.17, 15) is 26.4 Å². The van der Waals surface area contributed by atoms with E-state index in [0.29, 0.717) is 11.8 Å². The quantitative estimate of drug-likeness (QED) is 0.475. The SMILES string of the molecule is COc1ccc(CNC(=O)c2cc(S(=O)(=O)Nc3cccc(C(F)(F)F)c3)ccc2Cl)cc1. The molecule has 0 aromatic heterocycles. The highest BCUT2D eigenvalue weighted by Crippen LogP contribution is 2.31. The van der Waals surface area contributed by atoms with Gasteiger partial charge in [-0.2, -0.15) is 13.2 Å². The normalized spacial score (nSPS) is 11.7. The Hall–Kier alpha value is -3.24. The number of carbonyl (C=O) groups excluding carboxylic acids is 1. The van der Waals surface area contributed by atoms with Crippen LogP contribution in [0.5, 0.6) is 5.75 Å². The molecule has 3 rings (SSSR count). The lowest BCUT2D eigenvalue weighted by Crippen LogP contribution is -2.23. The Morgan fingerprint density at radius 3 is 2.36 bits per heavy atom. The lowest BCUT2D eigenvalue weighted by atomic mass is 10.2. The zero-order valence-corrected chi connectivity index (χ0v) is 18.7. The lowest BCUT2D eigenvalue weighted by molar-refractivity contribution is -0.137. The van der Waals surface area contributed by atoms with E-state index in [0.717, 1.165) is 29.8 Å². The van der Waals surface area contributed by atoms with Crippen molar-refractivity contribution < 1.29 is 31.1 Å². The molecule has 0 aliphatic heterocycles. The van der Waals surface area contributed by atoms with Gasteiger partial charge in [0.05, 0.1) is 28.2 Å². The summed E-state index contributed by atoms with van der Waals surface area (Å²) in [5.74, 6) is 0.0336. The Bertz CT molecular complexity index is 1260. The van der Waals surface area contributed by atoms with Gasteiger partial charge in [-0.05, 0) is 54.1 Å². The van der Waals surface area contributed by atoms with Crippen molar-refractivity contribution in [2.45, 2.75) is 17.6 Å². The summed E-state index contributed by atoms with van der Waals surface area (Å²) >= 11 is 6.08. The largest absolute Gasteiger partial charge is 0.497 e. The Kier molecular flexibility index (Phi) is 7.19. The van der Waals surface area contributed by atoms with E-state index in [2.05, 4.69) is 10.0 Å². The summed E-state index contributed by atoms with van der Waals surface area (Å²) < 4.78 is 71.3. The Labute approximate surface area is 193 Å². The van der Waals surface area contributed by atoms with Gasteiger partial charge in [0.25, 0.3) is 15.9 Å². The molecule has 0 atom stereocenters. The fraction of sp³-hybridized carbons (Fsp3) is 0.136. The van der Waals surface area contributed by atoms with Crippen LogP contribution in [-0.4, -0.2) is 21.4 Å². The second-order valence-corrected chi connectivity index (χ2v) is 8.95. The molecule has 3 aromatic rings. The van der Waals surface area contributed by atoms with Crippen molar-refractivity contribution in [2.24, 2.45) is 0 Å². The molecule has 3 aromatic carbocycles. The predicted molar refractivity (Wildman–Crippen MR) is 118 cm³/mol. The van der Waals surface area contributed by atoms with Crippen LogP contribution in [0.3, 0.4) is 0 Å². The lowest BCUT2D eigenvalue weighted by Gasteiger charge is -2.13. The van der Waals surface area contributed by atoms with Crippen LogP contribution in [0.1, 0.15) is 21.5 Å². The number of methoxy groups -OCH3 is 1. The highest BCUT2D eigenvalue weighted by molar-refractivity contribution is 7.92. The first-order valence-electron chi connectivity index (χ1n) is 9.40. The second-order valence-electron chi connectivity index (χ2n) is 6.86. The molecule has 0 unspecified atom stereocenters. The van der Waals surface area contributed by atoms with Crippen molar-refractivity contribution in [3.05, 3.63) is 88.4 Å². The van der Waals surface area contributed by atoms with Crippen molar-refractivity contribution in [1.82, 2.24) is 5.32 Å². The maximum absolute atomic E-state index is 12.9. The number of ether oxygens (including phenoxy) is 1. The summed E-state index contributed by atoms with van der Waals surface area (Å²) in [4.78, 5) is 12.3. The number of amides is 1. The minimum Gasteiger partial charge on any atom is -0.497 e. The van der Waals surface area contributed by atoms with E-state index in [1.54, 1.807) is 24.3 Å². The van der Waals surface area contributed by atoms with Gasteiger partial charge in [-0.1, -0.05) is 29.8 Å². The molecular weight excluding hydrogens is 481 g/mol. The van der Waals surface area contributed by atoms with Gasteiger partial charge in [-0.3, -0.25) is 9.52 Å². The average molecular weight is 499 g/mol. The summed E-state index contributed by atoms with van der Waals surface area (Å²) in [6.45, 7) is 0.151. The Balaban J connectivity index is 1.78. The van der Waals surface area contributed by atoms with Crippen molar-refractivity contribution in [3.63, 3.8) is 0 Å². The number of anilines is 1. The van der Waals surface area contributed by atoms with Crippen LogP contribution in [0.25, 0.3) is 0 Å². The molecule has 0 saturated heterocycles. The van der Waals surface area contributed by atoms with Crippen LogP contribution in [0, 0.1) is 0 Å². The van der Waals surface area contributed by atoms with Gasteiger partial charge < -0.3 is 10.1 Å². The summed E-state index contributed by atoms with van der Waals surface area (Å²) in [6, 6.07) is 14.2. The number of hydrogen-bond donors (Lipinski definition) is 2. The van der Waals surface area contributed by atoms with E-state index in [1.807, 2.05) is 0 Å². The van der Waals surface area contributed by atoms with Gasteiger partial charge >= 0.3 is 6.18 Å². The van der Waals surface area contributed by atoms with Gasteiger partial charge in [0, 0.05) is 12.2 Å². The minimum absolute atomic E-state index is 0.0141. The molecule has 0 spiro atoms. The predicted octanol–water partition coefficient (Wildman–Crippen LogP) is 5.10. The molecule has 0 heterocycles. The number of sulfonamides is 1. The van der Waals surface area contributed by atoms with E-state index >= 15 is 0 Å². The monoisotopic (exact) mass is 498 g/mol. The standard InChI is InChI=1S/C22H18ClF3N2O4S/c1-32-17-7-5-14(6-8-17)13-27-21(29)19-12-18(9-10-20(19)23)33(30,31)28-16-4-2-3-15(11-16)22(24,25)26/h2-12,28H,13H2,1H3,(H,27,29). The van der Waals surface area contributed by atoms with Crippen molar-refractivity contribution in [3.8, 4) is 5.75 Å². The molecular formula is C22H18ClF3N2O4S. The van der Waals surface area contributed by atoms with Crippen LogP contribution in [-0.2, 0) is 22.7 Å². The van der Waals surface area contributed by atoms with Crippen LogP contribution in [0.15, 0.2) is 71.6 Å². The van der Waals surface area contributed by atoms with E-state index in [-0.39, 0.29) is 27.7 Å². The van der Waals surface area contributed by atoms with Gasteiger partial charge in [0.2, 0.25) is 0 Å². The maximum atomic E-state index is 12.9. The highest BCUT2D eigenvalue weighted by atomic mass is 35.5. The van der Waals surface area contributed by atoms with E-state index < -0.39 is 27.7 Å². The van der Waals surface area contributed by atoms with Gasteiger partial charge in [-0.25, -0.2) is 8.42 Å². The molecule has 1 amide bonds. The van der Waals surface area contributed by atoms with E-state index in [4.69, 9.17) is 16.3 Å². The molecule has 2 N–H and O–H groups in total. The summed E-state index contributed by atoms with van der Waals surface area (Å²) in [5.41, 5.74) is -0.602. The maximum Gasteiger partial charge on any atom is 0.416 e. The minimum atomic E-state index is -4.63. The third-order valence-corrected chi connectivity index (χ3v) is 6.26. The zero-order chi connectivity index (χ0) is 24.2. The fourth-order valence-electron chi connectivity index (χ4n) is 2.84. The molecule has 0 bridgehead atoms. The summed E-state index contributed by atoms with van der Waals surface area (Å²) in [5, 5.41) is 2.66. The third kappa shape index (κ3) is 6.17. The van der Waals surface area contributed by atoms with Gasteiger partial charge in [0.1, 0.15) is 5.75 Å². The number of alkyl halides is 3. The first kappa shape index (κ1) is 24.4. The van der Waals surface area contributed by atoms with Gasteiger partial charge in [0.15, 0.2) is 0 Å². The topological polar surface area (TPSA) is 84.5 Å². The van der Waals surface area contributed by atoms with Gasteiger partial charge in [-0.15, -0.1) is 0 Å². The molecule has 11 heteroatoms. The molecule has 0 saturated carbocycles. The first-order valence-corrected chi connectivity index (χ1v) is 11.3. The highest BCUT2D eigenvalue weighted by Gasteiger charge is 2.30. The smallest absolute Gasteiger partial charge is 0.416 e. The summed E-state index contributed by atoms with van der Waals surface area (Å²) in [6.07, 6.45) is -4.63. The van der Waals surface area contributed by atoms with Crippen LogP contribution < -0.4 is 14.8 Å². The molecule has 174 valence electrons. The molecule has 6 nitrogen and oxygen atoms in total. The third-order valence-electron chi connectivity index (χ3n) is 4.55. The Morgan fingerprint density at radius 1 is 1.03 bits per heavy atom. The fourth-order valence-corrected chi connectivity index (χ4v) is 4.12. The van der Waals surface area contributed by atoms with Crippen LogP contribution >= 0.6 is 11.6 Å². The van der Waals surface area contributed by atoms with Crippen molar-refractivity contribution >= 4 is 33.2 Å². The second kappa shape index (κ2) is 9.72. The molecule has 33 heavy (non-hydrogen) atoms. The van der Waals surface area contributed by atoms with Crippen LogP contribution in [0.4, 0.5) is 18.9 Å². The average Bonchev–Trinajstić information content (AvgIpc) is 2.77. The summed E-state index contributed by atoms with van der Waals surface area (Å²) in [7, 11) is -2.76. The van der Waals surface area contributed by atoms with Crippen molar-refractivity contribution in [1.29, 1.82) is 0 Å². The van der Waals surface area contributed by atoms with Crippen molar-refractivity contribution in [2.75, 3.05) is 11.8 Å². The molecule has 0 fully saturated rings. The molecule has 0 radical (unpaired) electrons. The first-order chi connectivity index (χ1) is 15.5. The number of benzene rings is 3. The number of rotatable bonds is 7. The number of hydrogen-bond acceptors (Lipinski definition) is 4. The zero-order valence-electron chi connectivity index (χ0n) is 17.1. The Morgan fingerprint density at radius 2 is 1.73 bits per heavy atom. The van der Waals surface area contributed by atoms with E-state index in [1.165, 1.54) is 19.2 Å². The number of halogens is 4. The number of nitrogens with one attached hydrogen (secondary N) is 2. The molecule has 0 aliphatic rings.